The summed E-state index contributed by atoms with van der Waals surface area (Å²) >= 11 is 0. The highest BCUT2D eigenvalue weighted by molar-refractivity contribution is 5.75. The van der Waals surface area contributed by atoms with Crippen LogP contribution in [0.4, 0.5) is 0 Å². The number of terminal acetylenes is 1. The van der Waals surface area contributed by atoms with Crippen molar-refractivity contribution < 1.29 is 0 Å². The summed E-state index contributed by atoms with van der Waals surface area (Å²) in [6.07, 6.45) is 5.18. The number of hydrogen-bond acceptors (Lipinski definition) is 2. The smallest absolute Gasteiger partial charge is 0.265 e. The molecule has 0 saturated heterocycles. The van der Waals surface area contributed by atoms with Crippen molar-refractivity contribution in [2.75, 3.05) is 0 Å². The molecule has 0 radical (unpaired) electrons. The van der Waals surface area contributed by atoms with Gasteiger partial charge in [-0.1, -0.05) is 5.92 Å². The number of aromatic nitrogens is 2. The van der Waals surface area contributed by atoms with E-state index in [1.807, 2.05) is 19.1 Å². The van der Waals surface area contributed by atoms with Crippen LogP contribution in [-0.2, 0) is 0 Å². The van der Waals surface area contributed by atoms with Crippen LogP contribution in [0.5, 0.6) is 0 Å². The molecule has 0 saturated carbocycles. The molecule has 0 aromatic carbocycles. The summed E-state index contributed by atoms with van der Waals surface area (Å²) in [6.45, 7) is 1.87. The maximum Gasteiger partial charge on any atom is 0.265 e. The predicted molar refractivity (Wildman–Crippen MR) is 55.0 cm³/mol. The summed E-state index contributed by atoms with van der Waals surface area (Å²) in [5.74, 6) is 2.33. The Labute approximate surface area is 80.8 Å². The lowest BCUT2D eigenvalue weighted by molar-refractivity contribution is 1.17. The number of H-pyrrole nitrogens is 1. The quantitative estimate of drug-likeness (QED) is 0.625. The predicted octanol–water partition coefficient (Wildman–Crippen LogP) is 1.21. The first-order valence-electron chi connectivity index (χ1n) is 4.18. The van der Waals surface area contributed by atoms with Crippen molar-refractivity contribution in [2.45, 2.75) is 6.92 Å². The maximum absolute atomic E-state index is 11.3. The Hall–Kier alpha value is -2.08. The summed E-state index contributed by atoms with van der Waals surface area (Å²) in [5.41, 5.74) is 1.51. The maximum atomic E-state index is 11.3. The summed E-state index contributed by atoms with van der Waals surface area (Å²) in [6, 6.07) is 5.43. The number of fused-ring (bicyclic) bond motifs is 1. The van der Waals surface area contributed by atoms with E-state index in [9.17, 15) is 4.79 Å². The average Bonchev–Trinajstić information content (AvgIpc) is 2.16. The molecule has 2 aromatic heterocycles. The fraction of sp³-hybridized carbons (Fsp3) is 0.0909. The Morgan fingerprint density at radius 1 is 1.50 bits per heavy atom. The van der Waals surface area contributed by atoms with E-state index in [4.69, 9.17) is 6.42 Å². The van der Waals surface area contributed by atoms with E-state index in [0.717, 1.165) is 11.1 Å². The highest BCUT2D eigenvalue weighted by Crippen LogP contribution is 2.08. The first kappa shape index (κ1) is 8.52. The molecular weight excluding hydrogens is 176 g/mol. The SMILES string of the molecule is C#Cc1cc2ccc(C)nc2[nH]c1=O. The lowest BCUT2D eigenvalue weighted by Gasteiger charge is -1.98. The standard InChI is InChI=1S/C11H8N2O/c1-3-8-6-9-5-4-7(2)12-10(9)13-11(8)14/h1,4-6H,2H3,(H,12,13,14). The van der Waals surface area contributed by atoms with Crippen molar-refractivity contribution in [3.8, 4) is 12.3 Å². The number of nitrogens with one attached hydrogen (secondary N) is 1. The van der Waals surface area contributed by atoms with Crippen molar-refractivity contribution in [1.82, 2.24) is 9.97 Å². The Morgan fingerprint density at radius 2 is 2.29 bits per heavy atom. The molecule has 3 nitrogen and oxygen atoms in total. The molecule has 0 aliphatic rings. The van der Waals surface area contributed by atoms with Crippen LogP contribution in [0.2, 0.25) is 0 Å². The number of hydrogen-bond donors (Lipinski definition) is 1. The lowest BCUT2D eigenvalue weighted by atomic mass is 10.2. The second kappa shape index (κ2) is 3.00. The minimum absolute atomic E-state index is 0.266. The first-order chi connectivity index (χ1) is 6.70. The molecule has 0 unspecified atom stereocenters. The van der Waals surface area contributed by atoms with Gasteiger partial charge < -0.3 is 4.98 Å². The van der Waals surface area contributed by atoms with Crippen molar-refractivity contribution in [1.29, 1.82) is 0 Å². The summed E-state index contributed by atoms with van der Waals surface area (Å²) in [4.78, 5) is 18.2. The molecule has 2 rings (SSSR count). The normalized spacial score (nSPS) is 10.0. The van der Waals surface area contributed by atoms with Crippen LogP contribution in [0, 0.1) is 19.3 Å². The molecule has 1 N–H and O–H groups in total. The average molecular weight is 184 g/mol. The third kappa shape index (κ3) is 1.27. The van der Waals surface area contributed by atoms with E-state index < -0.39 is 0 Å². The van der Waals surface area contributed by atoms with Crippen LogP contribution < -0.4 is 5.56 Å². The van der Waals surface area contributed by atoms with Gasteiger partial charge in [-0.15, -0.1) is 6.42 Å². The van der Waals surface area contributed by atoms with Crippen molar-refractivity contribution in [3.05, 3.63) is 39.8 Å². The number of nitrogens with zero attached hydrogens (tertiary/aromatic N) is 1. The topological polar surface area (TPSA) is 45.8 Å². The van der Waals surface area contributed by atoms with Gasteiger partial charge in [-0.25, -0.2) is 4.98 Å². The van der Waals surface area contributed by atoms with Gasteiger partial charge in [-0.2, -0.15) is 0 Å². The molecule has 68 valence electrons. The number of aryl methyl sites for hydroxylation is 1. The highest BCUT2D eigenvalue weighted by atomic mass is 16.1. The zero-order valence-electron chi connectivity index (χ0n) is 7.66. The minimum Gasteiger partial charge on any atom is -0.305 e. The van der Waals surface area contributed by atoms with Gasteiger partial charge in [0.2, 0.25) is 0 Å². The van der Waals surface area contributed by atoms with Gasteiger partial charge in [0.1, 0.15) is 5.65 Å². The fourth-order valence-corrected chi connectivity index (χ4v) is 1.29. The van der Waals surface area contributed by atoms with E-state index in [0.29, 0.717) is 11.2 Å². The Morgan fingerprint density at radius 3 is 3.00 bits per heavy atom. The van der Waals surface area contributed by atoms with E-state index in [1.165, 1.54) is 0 Å². The van der Waals surface area contributed by atoms with Crippen LogP contribution in [0.25, 0.3) is 11.0 Å². The minimum atomic E-state index is -0.266. The van der Waals surface area contributed by atoms with Gasteiger partial charge in [0.05, 0.1) is 5.56 Å². The van der Waals surface area contributed by atoms with E-state index in [1.54, 1.807) is 6.07 Å². The van der Waals surface area contributed by atoms with E-state index in [-0.39, 0.29) is 5.56 Å². The van der Waals surface area contributed by atoms with Gasteiger partial charge in [0, 0.05) is 11.1 Å². The molecule has 0 fully saturated rings. The second-order valence-corrected chi connectivity index (χ2v) is 3.05. The highest BCUT2D eigenvalue weighted by Gasteiger charge is 2.00. The largest absolute Gasteiger partial charge is 0.305 e. The molecule has 2 aromatic rings. The van der Waals surface area contributed by atoms with Crippen LogP contribution in [-0.4, -0.2) is 9.97 Å². The van der Waals surface area contributed by atoms with Gasteiger partial charge in [-0.05, 0) is 25.1 Å². The van der Waals surface area contributed by atoms with Crippen LogP contribution >= 0.6 is 0 Å². The molecule has 0 aliphatic heterocycles. The van der Waals surface area contributed by atoms with Gasteiger partial charge >= 0.3 is 0 Å². The van der Waals surface area contributed by atoms with Gasteiger partial charge in [0.25, 0.3) is 5.56 Å². The Bertz CT molecular complexity index is 590. The Balaban J connectivity index is 2.88. The molecule has 0 aliphatic carbocycles. The van der Waals surface area contributed by atoms with Crippen LogP contribution in [0.1, 0.15) is 11.3 Å². The monoisotopic (exact) mass is 184 g/mol. The summed E-state index contributed by atoms with van der Waals surface area (Å²) < 4.78 is 0. The van der Waals surface area contributed by atoms with Crippen LogP contribution in [0.3, 0.4) is 0 Å². The molecule has 2 heterocycles. The molecule has 0 bridgehead atoms. The number of aromatic amines is 1. The number of pyridine rings is 2. The molecule has 0 spiro atoms. The van der Waals surface area contributed by atoms with E-state index in [2.05, 4.69) is 15.9 Å². The third-order valence-corrected chi connectivity index (χ3v) is 2.00. The van der Waals surface area contributed by atoms with Crippen molar-refractivity contribution >= 4 is 11.0 Å². The fourth-order valence-electron chi connectivity index (χ4n) is 1.29. The molecule has 14 heavy (non-hydrogen) atoms. The summed E-state index contributed by atoms with van der Waals surface area (Å²) in [5, 5.41) is 0.850. The van der Waals surface area contributed by atoms with Crippen molar-refractivity contribution in [2.24, 2.45) is 0 Å². The molecule has 0 atom stereocenters. The van der Waals surface area contributed by atoms with Gasteiger partial charge in [0.15, 0.2) is 0 Å². The molecular formula is C11H8N2O. The molecule has 3 heteroatoms. The van der Waals surface area contributed by atoms with Gasteiger partial charge in [-0.3, -0.25) is 4.79 Å². The number of rotatable bonds is 0. The second-order valence-electron chi connectivity index (χ2n) is 3.05. The first-order valence-corrected chi connectivity index (χ1v) is 4.18. The zero-order chi connectivity index (χ0) is 10.1. The Kier molecular flexibility index (Phi) is 1.83. The summed E-state index contributed by atoms with van der Waals surface area (Å²) in [7, 11) is 0. The van der Waals surface area contributed by atoms with Crippen molar-refractivity contribution in [3.63, 3.8) is 0 Å². The lowest BCUT2D eigenvalue weighted by Crippen LogP contribution is -2.10. The third-order valence-electron chi connectivity index (χ3n) is 2.00. The van der Waals surface area contributed by atoms with E-state index >= 15 is 0 Å². The zero-order valence-corrected chi connectivity index (χ0v) is 7.66. The van der Waals surface area contributed by atoms with Crippen LogP contribution in [0.15, 0.2) is 23.0 Å². The molecule has 0 amide bonds.